The maximum Gasteiger partial charge on any atom is 0.127 e. The van der Waals surface area contributed by atoms with Gasteiger partial charge in [0.25, 0.3) is 0 Å². The van der Waals surface area contributed by atoms with E-state index in [2.05, 4.69) is 15.9 Å². The molecule has 1 aromatic rings. The predicted molar refractivity (Wildman–Crippen MR) is 62.2 cm³/mol. The molecule has 3 heteroatoms. The molecule has 0 bridgehead atoms. The van der Waals surface area contributed by atoms with Crippen LogP contribution in [0.2, 0.25) is 0 Å². The lowest BCUT2D eigenvalue weighted by Crippen LogP contribution is -2.05. The predicted octanol–water partition coefficient (Wildman–Crippen LogP) is 3.15. The smallest absolute Gasteiger partial charge is 0.127 e. The average Bonchev–Trinajstić information content (AvgIpc) is 3.04. The van der Waals surface area contributed by atoms with Gasteiger partial charge >= 0.3 is 0 Å². The third-order valence-electron chi connectivity index (χ3n) is 2.83. The van der Waals surface area contributed by atoms with E-state index < -0.39 is 0 Å². The summed E-state index contributed by atoms with van der Waals surface area (Å²) in [6, 6.07) is 5.81. The van der Waals surface area contributed by atoms with Crippen molar-refractivity contribution in [3.63, 3.8) is 0 Å². The second-order valence-electron chi connectivity index (χ2n) is 3.89. The molecule has 1 aromatic carbocycles. The largest absolute Gasteiger partial charge is 0.496 e. The Morgan fingerprint density at radius 1 is 1.53 bits per heavy atom. The van der Waals surface area contributed by atoms with Gasteiger partial charge in [0.05, 0.1) is 7.11 Å². The molecular formula is C12H13BrO2. The van der Waals surface area contributed by atoms with E-state index in [9.17, 15) is 4.79 Å². The van der Waals surface area contributed by atoms with Crippen molar-refractivity contribution in [2.75, 3.05) is 7.11 Å². The van der Waals surface area contributed by atoms with E-state index in [-0.39, 0.29) is 5.92 Å². The molecule has 2 rings (SSSR count). The minimum Gasteiger partial charge on any atom is -0.496 e. The highest BCUT2D eigenvalue weighted by atomic mass is 79.9. The molecule has 1 unspecified atom stereocenters. The summed E-state index contributed by atoms with van der Waals surface area (Å²) in [6.45, 7) is 0. The van der Waals surface area contributed by atoms with Crippen molar-refractivity contribution in [3.8, 4) is 5.75 Å². The number of carbonyl (C=O) groups is 1. The van der Waals surface area contributed by atoms with Crippen LogP contribution in [-0.4, -0.2) is 13.4 Å². The van der Waals surface area contributed by atoms with Crippen LogP contribution in [-0.2, 0) is 4.79 Å². The van der Waals surface area contributed by atoms with E-state index in [0.29, 0.717) is 5.92 Å². The standard InChI is InChI=1S/C12H13BrO2/c1-15-12-5-4-9(13)6-10(12)11(7-14)8-2-3-8/h4-8,11H,2-3H2,1H3. The quantitative estimate of drug-likeness (QED) is 0.785. The van der Waals surface area contributed by atoms with E-state index in [1.54, 1.807) is 7.11 Å². The van der Waals surface area contributed by atoms with Crippen LogP contribution in [0.3, 0.4) is 0 Å². The Morgan fingerprint density at radius 3 is 2.80 bits per heavy atom. The molecule has 80 valence electrons. The Balaban J connectivity index is 2.38. The van der Waals surface area contributed by atoms with Crippen LogP contribution in [0.1, 0.15) is 24.3 Å². The number of methoxy groups -OCH3 is 1. The third kappa shape index (κ3) is 2.23. The highest BCUT2D eigenvalue weighted by Crippen LogP contribution is 2.44. The number of aldehydes is 1. The molecule has 0 aliphatic heterocycles. The van der Waals surface area contributed by atoms with Gasteiger partial charge in [0, 0.05) is 16.0 Å². The van der Waals surface area contributed by atoms with Gasteiger partial charge in [0.15, 0.2) is 0 Å². The van der Waals surface area contributed by atoms with Gasteiger partial charge in [-0.3, -0.25) is 0 Å². The Hall–Kier alpha value is -0.830. The van der Waals surface area contributed by atoms with Crippen molar-refractivity contribution in [2.45, 2.75) is 18.8 Å². The van der Waals surface area contributed by atoms with Gasteiger partial charge in [0.1, 0.15) is 12.0 Å². The van der Waals surface area contributed by atoms with E-state index in [1.165, 1.54) is 0 Å². The van der Waals surface area contributed by atoms with Crippen LogP contribution >= 0.6 is 15.9 Å². The molecule has 1 fully saturated rings. The molecule has 0 radical (unpaired) electrons. The summed E-state index contributed by atoms with van der Waals surface area (Å²) >= 11 is 3.42. The van der Waals surface area contributed by atoms with E-state index in [4.69, 9.17) is 4.74 Å². The monoisotopic (exact) mass is 268 g/mol. The van der Waals surface area contributed by atoms with Gasteiger partial charge in [0.2, 0.25) is 0 Å². The van der Waals surface area contributed by atoms with Crippen LogP contribution in [0.25, 0.3) is 0 Å². The van der Waals surface area contributed by atoms with Gasteiger partial charge in [-0.2, -0.15) is 0 Å². The van der Waals surface area contributed by atoms with Gasteiger partial charge < -0.3 is 9.53 Å². The number of hydrogen-bond acceptors (Lipinski definition) is 2. The highest BCUT2D eigenvalue weighted by Gasteiger charge is 2.33. The van der Waals surface area contributed by atoms with Crippen LogP contribution in [0.4, 0.5) is 0 Å². The van der Waals surface area contributed by atoms with Crippen molar-refractivity contribution < 1.29 is 9.53 Å². The summed E-state index contributed by atoms with van der Waals surface area (Å²) in [4.78, 5) is 11.1. The van der Waals surface area contributed by atoms with Gasteiger partial charge in [-0.1, -0.05) is 15.9 Å². The molecule has 0 spiro atoms. The number of benzene rings is 1. The maximum absolute atomic E-state index is 11.1. The van der Waals surface area contributed by atoms with Gasteiger partial charge in [-0.25, -0.2) is 0 Å². The van der Waals surface area contributed by atoms with Crippen LogP contribution in [0, 0.1) is 5.92 Å². The van der Waals surface area contributed by atoms with E-state index >= 15 is 0 Å². The van der Waals surface area contributed by atoms with Crippen molar-refractivity contribution in [1.29, 1.82) is 0 Å². The van der Waals surface area contributed by atoms with Gasteiger partial charge in [-0.05, 0) is 37.0 Å². The van der Waals surface area contributed by atoms with E-state index in [1.807, 2.05) is 18.2 Å². The topological polar surface area (TPSA) is 26.3 Å². The van der Waals surface area contributed by atoms with E-state index in [0.717, 1.165) is 34.9 Å². The number of rotatable bonds is 4. The zero-order valence-corrected chi connectivity index (χ0v) is 10.2. The molecule has 0 N–H and O–H groups in total. The average molecular weight is 269 g/mol. The second kappa shape index (κ2) is 4.35. The summed E-state index contributed by atoms with van der Waals surface area (Å²) in [6.07, 6.45) is 3.35. The Kier molecular flexibility index (Phi) is 3.10. The Morgan fingerprint density at radius 2 is 2.27 bits per heavy atom. The first-order chi connectivity index (χ1) is 7.26. The molecule has 0 saturated heterocycles. The number of ether oxygens (including phenoxy) is 1. The van der Waals surface area contributed by atoms with Crippen LogP contribution < -0.4 is 4.74 Å². The van der Waals surface area contributed by atoms with Crippen molar-refractivity contribution >= 4 is 22.2 Å². The van der Waals surface area contributed by atoms with Crippen LogP contribution in [0.5, 0.6) is 5.75 Å². The normalized spacial score (nSPS) is 17.2. The number of hydrogen-bond donors (Lipinski definition) is 0. The lowest BCUT2D eigenvalue weighted by Gasteiger charge is -2.14. The first-order valence-electron chi connectivity index (χ1n) is 5.05. The first kappa shape index (κ1) is 10.7. The highest BCUT2D eigenvalue weighted by molar-refractivity contribution is 9.10. The number of halogens is 1. The fourth-order valence-electron chi connectivity index (χ4n) is 1.86. The molecule has 1 atom stereocenters. The summed E-state index contributed by atoms with van der Waals surface area (Å²) in [5.41, 5.74) is 1.00. The summed E-state index contributed by atoms with van der Waals surface area (Å²) in [5.74, 6) is 1.32. The Bertz CT molecular complexity index is 372. The van der Waals surface area contributed by atoms with Gasteiger partial charge in [-0.15, -0.1) is 0 Å². The minimum absolute atomic E-state index is 0.00236. The van der Waals surface area contributed by atoms with Crippen LogP contribution in [0.15, 0.2) is 22.7 Å². The lowest BCUT2D eigenvalue weighted by molar-refractivity contribution is -0.109. The minimum atomic E-state index is -0.00236. The lowest BCUT2D eigenvalue weighted by atomic mass is 9.95. The van der Waals surface area contributed by atoms with Crippen molar-refractivity contribution in [3.05, 3.63) is 28.2 Å². The number of carbonyl (C=O) groups excluding carboxylic acids is 1. The van der Waals surface area contributed by atoms with Crippen molar-refractivity contribution in [2.24, 2.45) is 5.92 Å². The Labute approximate surface area is 97.8 Å². The maximum atomic E-state index is 11.1. The molecular weight excluding hydrogens is 256 g/mol. The molecule has 0 aromatic heterocycles. The molecule has 0 amide bonds. The zero-order valence-electron chi connectivity index (χ0n) is 8.57. The molecule has 1 aliphatic carbocycles. The molecule has 15 heavy (non-hydrogen) atoms. The second-order valence-corrected chi connectivity index (χ2v) is 4.80. The fourth-order valence-corrected chi connectivity index (χ4v) is 2.24. The SMILES string of the molecule is COc1ccc(Br)cc1C(C=O)C1CC1. The van der Waals surface area contributed by atoms with Crippen molar-refractivity contribution in [1.82, 2.24) is 0 Å². The first-order valence-corrected chi connectivity index (χ1v) is 5.84. The summed E-state index contributed by atoms with van der Waals surface area (Å²) < 4.78 is 6.27. The zero-order chi connectivity index (χ0) is 10.8. The molecule has 1 saturated carbocycles. The summed E-state index contributed by atoms with van der Waals surface area (Å²) in [7, 11) is 1.64. The fraction of sp³-hybridized carbons (Fsp3) is 0.417. The molecule has 2 nitrogen and oxygen atoms in total. The summed E-state index contributed by atoms with van der Waals surface area (Å²) in [5, 5.41) is 0. The molecule has 0 heterocycles. The molecule has 1 aliphatic rings. The third-order valence-corrected chi connectivity index (χ3v) is 3.32.